The molecule has 0 saturated carbocycles. The Kier molecular flexibility index (Phi) is 21.0. The molecule has 57 heavy (non-hydrogen) atoms. The van der Waals surface area contributed by atoms with Gasteiger partial charge in [-0.25, -0.2) is 18.0 Å². The number of ether oxygens (including phenoxy) is 3. The first kappa shape index (κ1) is 47.2. The molecule has 0 aromatic heterocycles. The van der Waals surface area contributed by atoms with E-state index in [1.807, 2.05) is 0 Å². The Labute approximate surface area is 347 Å². The van der Waals surface area contributed by atoms with E-state index in [0.29, 0.717) is 12.4 Å². The second-order valence-corrected chi connectivity index (χ2v) is 16.4. The van der Waals surface area contributed by atoms with Crippen LogP contribution in [0.2, 0.25) is 5.02 Å². The van der Waals surface area contributed by atoms with Gasteiger partial charge in [0.1, 0.15) is 5.75 Å². The lowest BCUT2D eigenvalue weighted by Crippen LogP contribution is -2.31. The SMILES string of the molecule is CCCCCCCCCCCCCCCCCCOc1ccccc1C(=O)[C@@H](Cl)C(=O)Nc1cc(S(=O)(=O)Nc2cc(C(=O)OC)cc(C(=O)OC)c2)ccc1Cl. The van der Waals surface area contributed by atoms with E-state index in [0.717, 1.165) is 39.5 Å². The molecule has 14 heteroatoms. The standard InChI is InChI=1S/C43H56Cl2N2O9S/c1-4-5-6-7-8-9-10-11-12-13-14-15-16-17-18-21-26-56-38-23-20-19-22-35(38)40(48)39(45)41(49)46-37-30-34(24-25-36(37)44)57(52,53)47-33-28-31(42(50)54-2)27-32(29-33)43(51)55-3/h19-20,22-25,27-30,39,47H,4-18,21,26H2,1-3H3,(H,46,49)/t39-/m1/s1. The number of nitrogens with one attached hydrogen (secondary N) is 2. The summed E-state index contributed by atoms with van der Waals surface area (Å²) in [5.41, 5.74) is -0.342. The largest absolute Gasteiger partial charge is 0.493 e. The highest BCUT2D eigenvalue weighted by Crippen LogP contribution is 2.29. The van der Waals surface area contributed by atoms with Crippen molar-refractivity contribution in [2.24, 2.45) is 0 Å². The molecule has 3 aromatic rings. The first-order valence-electron chi connectivity index (χ1n) is 19.8. The molecule has 0 radical (unpaired) electrons. The number of unbranched alkanes of at least 4 members (excludes halogenated alkanes) is 15. The van der Waals surface area contributed by atoms with Gasteiger partial charge in [-0.1, -0.05) is 127 Å². The number of halogens is 2. The summed E-state index contributed by atoms with van der Waals surface area (Å²) in [5, 5.41) is 0.721. The Morgan fingerprint density at radius 1 is 0.684 bits per heavy atom. The van der Waals surface area contributed by atoms with E-state index in [4.69, 9.17) is 37.4 Å². The van der Waals surface area contributed by atoms with Crippen LogP contribution >= 0.6 is 23.2 Å². The normalized spacial score (nSPS) is 11.7. The molecule has 0 saturated heterocycles. The van der Waals surface area contributed by atoms with Crippen molar-refractivity contribution in [3.8, 4) is 5.75 Å². The molecule has 1 atom stereocenters. The molecule has 0 aliphatic heterocycles. The van der Waals surface area contributed by atoms with Crippen LogP contribution in [0, 0.1) is 0 Å². The number of methoxy groups -OCH3 is 2. The number of carbonyl (C=O) groups is 4. The lowest BCUT2D eigenvalue weighted by molar-refractivity contribution is -0.115. The predicted octanol–water partition coefficient (Wildman–Crippen LogP) is 10.8. The van der Waals surface area contributed by atoms with Crippen LogP contribution in [-0.2, 0) is 24.3 Å². The molecule has 0 spiro atoms. The van der Waals surface area contributed by atoms with E-state index < -0.39 is 39.0 Å². The fourth-order valence-corrected chi connectivity index (χ4v) is 7.62. The van der Waals surface area contributed by atoms with Gasteiger partial charge in [0.15, 0.2) is 11.2 Å². The van der Waals surface area contributed by atoms with Gasteiger partial charge in [-0.15, -0.1) is 11.6 Å². The van der Waals surface area contributed by atoms with Gasteiger partial charge < -0.3 is 19.5 Å². The third kappa shape index (κ3) is 16.0. The molecular weight excluding hydrogens is 791 g/mol. The Balaban J connectivity index is 1.50. The molecule has 11 nitrogen and oxygen atoms in total. The zero-order valence-corrected chi connectivity index (χ0v) is 35.5. The lowest BCUT2D eigenvalue weighted by atomic mass is 10.0. The number of Topliss-reactive ketones (excluding diaryl/α,β-unsaturated/α-hetero) is 1. The maximum absolute atomic E-state index is 13.4. The van der Waals surface area contributed by atoms with Gasteiger partial charge in [-0.3, -0.25) is 14.3 Å². The fourth-order valence-electron chi connectivity index (χ4n) is 6.22. The van der Waals surface area contributed by atoms with Gasteiger partial charge in [-0.2, -0.15) is 0 Å². The van der Waals surface area contributed by atoms with E-state index in [9.17, 15) is 27.6 Å². The van der Waals surface area contributed by atoms with Crippen LogP contribution in [-0.4, -0.2) is 58.3 Å². The number of esters is 2. The van der Waals surface area contributed by atoms with Gasteiger partial charge in [0.2, 0.25) is 0 Å². The first-order valence-corrected chi connectivity index (χ1v) is 22.1. The second-order valence-electron chi connectivity index (χ2n) is 13.9. The monoisotopic (exact) mass is 846 g/mol. The molecule has 0 bridgehead atoms. The number of benzene rings is 3. The van der Waals surface area contributed by atoms with Crippen LogP contribution < -0.4 is 14.8 Å². The van der Waals surface area contributed by atoms with Crippen molar-refractivity contribution in [2.45, 2.75) is 120 Å². The summed E-state index contributed by atoms with van der Waals surface area (Å²) in [6, 6.07) is 13.6. The maximum Gasteiger partial charge on any atom is 0.337 e. The number of amides is 1. The molecule has 0 aliphatic carbocycles. The zero-order chi connectivity index (χ0) is 41.6. The molecule has 1 amide bonds. The minimum atomic E-state index is -4.38. The Bertz CT molecular complexity index is 1850. The lowest BCUT2D eigenvalue weighted by Gasteiger charge is -2.15. The van der Waals surface area contributed by atoms with Crippen LogP contribution in [0.25, 0.3) is 0 Å². The summed E-state index contributed by atoms with van der Waals surface area (Å²) in [5.74, 6) is -2.96. The molecule has 0 aliphatic rings. The molecule has 312 valence electrons. The van der Waals surface area contributed by atoms with Crippen LogP contribution in [0.1, 0.15) is 141 Å². The summed E-state index contributed by atoms with van der Waals surface area (Å²) >= 11 is 12.7. The number of hydrogen-bond donors (Lipinski definition) is 2. The van der Waals surface area contributed by atoms with E-state index in [1.54, 1.807) is 18.2 Å². The maximum atomic E-state index is 13.4. The van der Waals surface area contributed by atoms with Crippen molar-refractivity contribution in [3.05, 3.63) is 82.4 Å². The highest BCUT2D eigenvalue weighted by molar-refractivity contribution is 7.92. The summed E-state index contributed by atoms with van der Waals surface area (Å²) < 4.78 is 44.4. The van der Waals surface area contributed by atoms with E-state index >= 15 is 0 Å². The van der Waals surface area contributed by atoms with Crippen LogP contribution in [0.15, 0.2) is 65.6 Å². The Morgan fingerprint density at radius 2 is 1.19 bits per heavy atom. The number of sulfonamides is 1. The van der Waals surface area contributed by atoms with Crippen molar-refractivity contribution in [2.75, 3.05) is 30.9 Å². The topological polar surface area (TPSA) is 154 Å². The molecule has 0 fully saturated rings. The fraction of sp³-hybridized carbons (Fsp3) is 0.488. The predicted molar refractivity (Wildman–Crippen MR) is 225 cm³/mol. The van der Waals surface area contributed by atoms with Crippen molar-refractivity contribution < 1.29 is 41.8 Å². The average molecular weight is 848 g/mol. The van der Waals surface area contributed by atoms with E-state index in [1.165, 1.54) is 120 Å². The summed E-state index contributed by atoms with van der Waals surface area (Å²) in [6.07, 6.45) is 20.2. The van der Waals surface area contributed by atoms with Crippen LogP contribution in [0.4, 0.5) is 11.4 Å². The average Bonchev–Trinajstić information content (AvgIpc) is 3.21. The van der Waals surface area contributed by atoms with Crippen LogP contribution in [0.3, 0.4) is 0 Å². The van der Waals surface area contributed by atoms with Gasteiger partial charge in [0, 0.05) is 0 Å². The number of ketones is 1. The smallest absolute Gasteiger partial charge is 0.337 e. The molecule has 0 unspecified atom stereocenters. The number of hydrogen-bond acceptors (Lipinski definition) is 9. The highest BCUT2D eigenvalue weighted by atomic mass is 35.5. The van der Waals surface area contributed by atoms with Crippen molar-refractivity contribution in [1.82, 2.24) is 0 Å². The minimum absolute atomic E-state index is 0.0261. The zero-order valence-electron chi connectivity index (χ0n) is 33.2. The number of anilines is 2. The van der Waals surface area contributed by atoms with Gasteiger partial charge >= 0.3 is 11.9 Å². The van der Waals surface area contributed by atoms with Crippen LogP contribution in [0.5, 0.6) is 5.75 Å². The van der Waals surface area contributed by atoms with E-state index in [2.05, 4.69) is 17.0 Å². The molecule has 3 rings (SSSR count). The molecule has 3 aromatic carbocycles. The van der Waals surface area contributed by atoms with Gasteiger partial charge in [0.25, 0.3) is 15.9 Å². The summed E-state index contributed by atoms with van der Waals surface area (Å²) in [4.78, 5) is 50.6. The first-order chi connectivity index (χ1) is 27.4. The number of para-hydroxylation sites is 1. The molecular formula is C43H56Cl2N2O9S. The summed E-state index contributed by atoms with van der Waals surface area (Å²) in [6.45, 7) is 2.66. The highest BCUT2D eigenvalue weighted by Gasteiger charge is 2.29. The Morgan fingerprint density at radius 3 is 1.72 bits per heavy atom. The third-order valence-electron chi connectivity index (χ3n) is 9.40. The van der Waals surface area contributed by atoms with Crippen molar-refractivity contribution in [3.63, 3.8) is 0 Å². The van der Waals surface area contributed by atoms with Crippen molar-refractivity contribution >= 4 is 68.2 Å². The number of alkyl halides is 1. The Hall–Kier alpha value is -4.13. The third-order valence-corrected chi connectivity index (χ3v) is 11.5. The van der Waals surface area contributed by atoms with Crippen molar-refractivity contribution in [1.29, 1.82) is 0 Å². The second kappa shape index (κ2) is 25.3. The summed E-state index contributed by atoms with van der Waals surface area (Å²) in [7, 11) is -2.11. The molecule has 2 N–H and O–H groups in total. The number of carbonyl (C=O) groups excluding carboxylic acids is 4. The minimum Gasteiger partial charge on any atom is -0.493 e. The molecule has 0 heterocycles. The van der Waals surface area contributed by atoms with E-state index in [-0.39, 0.29) is 38.0 Å². The van der Waals surface area contributed by atoms with Gasteiger partial charge in [-0.05, 0) is 55.0 Å². The number of rotatable bonds is 27. The van der Waals surface area contributed by atoms with Gasteiger partial charge in [0.05, 0.1) is 58.8 Å². The quantitative estimate of drug-likeness (QED) is 0.0251.